The first-order valence-corrected chi connectivity index (χ1v) is 14.0. The van der Waals surface area contributed by atoms with Crippen molar-refractivity contribution in [1.29, 1.82) is 0 Å². The van der Waals surface area contributed by atoms with Crippen molar-refractivity contribution < 1.29 is 19.5 Å². The van der Waals surface area contributed by atoms with E-state index >= 15 is 0 Å². The van der Waals surface area contributed by atoms with E-state index in [2.05, 4.69) is 10.6 Å². The maximum atomic E-state index is 13.4. The Morgan fingerprint density at radius 3 is 2.20 bits per heavy atom. The first-order chi connectivity index (χ1) is 19.0. The van der Waals surface area contributed by atoms with Gasteiger partial charge in [-0.1, -0.05) is 99.1 Å². The topological polar surface area (TPSA) is 95.5 Å². The number of nitrogens with one attached hydrogen (secondary N) is 2. The third-order valence-corrected chi connectivity index (χ3v) is 7.25. The maximum absolute atomic E-state index is 13.4. The molecule has 0 aliphatic carbocycles. The molecule has 212 valence electrons. The van der Waals surface area contributed by atoms with Gasteiger partial charge in [0, 0.05) is 10.9 Å². The summed E-state index contributed by atoms with van der Waals surface area (Å²) in [5.74, 6) is -2.54. The monoisotopic (exact) mass is 562 g/mol. The van der Waals surface area contributed by atoms with Crippen molar-refractivity contribution in [3.8, 4) is 11.1 Å². The van der Waals surface area contributed by atoms with Gasteiger partial charge in [-0.2, -0.15) is 0 Å². The van der Waals surface area contributed by atoms with E-state index in [0.717, 1.165) is 22.3 Å². The molecule has 3 N–H and O–H groups in total. The molecular formula is C33H39ClN2O4. The lowest BCUT2D eigenvalue weighted by Crippen LogP contribution is -2.55. The fourth-order valence-corrected chi connectivity index (χ4v) is 5.00. The molecule has 0 fully saturated rings. The minimum absolute atomic E-state index is 0.246. The van der Waals surface area contributed by atoms with Gasteiger partial charge in [0.05, 0.1) is 12.5 Å². The maximum Gasteiger partial charge on any atom is 0.304 e. The fourth-order valence-electron chi connectivity index (χ4n) is 4.81. The Kier molecular flexibility index (Phi) is 10.9. The number of carboxylic acid groups (broad SMARTS) is 1. The Morgan fingerprint density at radius 1 is 0.875 bits per heavy atom. The zero-order valence-electron chi connectivity index (χ0n) is 23.6. The number of aliphatic carboxylic acids is 1. The van der Waals surface area contributed by atoms with E-state index in [1.807, 2.05) is 107 Å². The summed E-state index contributed by atoms with van der Waals surface area (Å²) in [6.07, 6.45) is 1.35. The van der Waals surface area contributed by atoms with Gasteiger partial charge < -0.3 is 15.7 Å². The zero-order chi connectivity index (χ0) is 29.3. The van der Waals surface area contributed by atoms with Crippen molar-refractivity contribution in [2.45, 2.75) is 65.5 Å². The molecule has 0 bridgehead atoms. The van der Waals surface area contributed by atoms with Gasteiger partial charge in [0.1, 0.15) is 6.04 Å². The van der Waals surface area contributed by atoms with Crippen molar-refractivity contribution in [2.75, 3.05) is 0 Å². The summed E-state index contributed by atoms with van der Waals surface area (Å²) in [7, 11) is 0. The van der Waals surface area contributed by atoms with Gasteiger partial charge in [0.15, 0.2) is 0 Å². The van der Waals surface area contributed by atoms with Gasteiger partial charge in [-0.3, -0.25) is 14.4 Å². The van der Waals surface area contributed by atoms with Gasteiger partial charge in [-0.25, -0.2) is 0 Å². The SMILES string of the molecule is C[C@@H](NC(=O)[C@@H](NC(=O)[C@H](CCCc1ccccc1-c1cccc(Cl)c1)CC(=O)O)C(C)(C)C)c1ccccc1. The zero-order valence-corrected chi connectivity index (χ0v) is 24.4. The molecule has 0 unspecified atom stereocenters. The first kappa shape index (κ1) is 30.9. The molecule has 7 heteroatoms. The molecule has 6 nitrogen and oxygen atoms in total. The van der Waals surface area contributed by atoms with Crippen LogP contribution in [0.2, 0.25) is 5.02 Å². The molecule has 0 spiro atoms. The molecule has 2 amide bonds. The third kappa shape index (κ3) is 8.95. The fraction of sp³-hybridized carbons (Fsp3) is 0.364. The van der Waals surface area contributed by atoms with Crippen LogP contribution in [0, 0.1) is 11.3 Å². The summed E-state index contributed by atoms with van der Waals surface area (Å²) >= 11 is 6.20. The van der Waals surface area contributed by atoms with Gasteiger partial charge >= 0.3 is 5.97 Å². The smallest absolute Gasteiger partial charge is 0.304 e. The van der Waals surface area contributed by atoms with Gasteiger partial charge in [-0.15, -0.1) is 0 Å². The highest BCUT2D eigenvalue weighted by molar-refractivity contribution is 6.30. The summed E-state index contributed by atoms with van der Waals surface area (Å²) in [5.41, 5.74) is 3.53. The second kappa shape index (κ2) is 14.1. The number of rotatable bonds is 12. The van der Waals surface area contributed by atoms with Crippen LogP contribution in [0.1, 0.15) is 64.1 Å². The molecule has 0 saturated carbocycles. The lowest BCUT2D eigenvalue weighted by atomic mass is 9.85. The molecule has 0 aromatic heterocycles. The highest BCUT2D eigenvalue weighted by atomic mass is 35.5. The number of benzene rings is 3. The standard InChI is InChI=1S/C33H39ClN2O4/c1-22(23-12-6-5-7-13-23)35-32(40)30(33(2,3)4)36-31(39)26(21-29(37)38)17-10-15-24-14-8-9-19-28(24)25-16-11-18-27(34)20-25/h5-9,11-14,16,18-20,22,26,30H,10,15,17,21H2,1-4H3,(H,35,40)(H,36,39)(H,37,38)/t22-,26-,30-/m1/s1. The van der Waals surface area contributed by atoms with Crippen molar-refractivity contribution >= 4 is 29.4 Å². The molecular weight excluding hydrogens is 524 g/mol. The second-order valence-corrected chi connectivity index (χ2v) is 11.7. The van der Waals surface area contributed by atoms with E-state index in [-0.39, 0.29) is 18.4 Å². The minimum Gasteiger partial charge on any atom is -0.481 e. The van der Waals surface area contributed by atoms with E-state index in [4.69, 9.17) is 11.6 Å². The van der Waals surface area contributed by atoms with Crippen LogP contribution in [0.15, 0.2) is 78.9 Å². The van der Waals surface area contributed by atoms with Crippen LogP contribution in [0.4, 0.5) is 0 Å². The average molecular weight is 563 g/mol. The normalized spacial score (nSPS) is 13.6. The lowest BCUT2D eigenvalue weighted by Gasteiger charge is -2.32. The Morgan fingerprint density at radius 2 is 1.55 bits per heavy atom. The third-order valence-electron chi connectivity index (χ3n) is 7.02. The van der Waals surface area contributed by atoms with Crippen molar-refractivity contribution in [3.05, 3.63) is 95.0 Å². The van der Waals surface area contributed by atoms with Crippen LogP contribution >= 0.6 is 11.6 Å². The van der Waals surface area contributed by atoms with E-state index in [1.54, 1.807) is 0 Å². The number of hydrogen-bond donors (Lipinski definition) is 3. The molecule has 3 rings (SSSR count). The number of carbonyl (C=O) groups excluding carboxylic acids is 2. The molecule has 3 atom stereocenters. The average Bonchev–Trinajstić information content (AvgIpc) is 2.90. The quantitative estimate of drug-likeness (QED) is 0.225. The van der Waals surface area contributed by atoms with Crippen molar-refractivity contribution in [2.24, 2.45) is 11.3 Å². The summed E-state index contributed by atoms with van der Waals surface area (Å²) < 4.78 is 0. The number of carboxylic acids is 1. The Balaban J connectivity index is 1.70. The summed E-state index contributed by atoms with van der Waals surface area (Å²) in [5, 5.41) is 16.1. The summed E-state index contributed by atoms with van der Waals surface area (Å²) in [6, 6.07) is 24.2. The van der Waals surface area contributed by atoms with Crippen LogP contribution in [0.5, 0.6) is 0 Å². The molecule has 40 heavy (non-hydrogen) atoms. The number of hydrogen-bond acceptors (Lipinski definition) is 3. The second-order valence-electron chi connectivity index (χ2n) is 11.3. The molecule has 0 radical (unpaired) electrons. The largest absolute Gasteiger partial charge is 0.481 e. The Labute approximate surface area is 242 Å². The lowest BCUT2D eigenvalue weighted by molar-refractivity contribution is -0.142. The van der Waals surface area contributed by atoms with Crippen molar-refractivity contribution in [1.82, 2.24) is 10.6 Å². The van der Waals surface area contributed by atoms with Crippen LogP contribution < -0.4 is 10.6 Å². The number of aryl methyl sites for hydroxylation is 1. The first-order valence-electron chi connectivity index (χ1n) is 13.7. The van der Waals surface area contributed by atoms with Gasteiger partial charge in [-0.05, 0) is 66.0 Å². The van der Waals surface area contributed by atoms with E-state index < -0.39 is 29.3 Å². The van der Waals surface area contributed by atoms with Crippen LogP contribution in [0.3, 0.4) is 0 Å². The summed E-state index contributed by atoms with van der Waals surface area (Å²) in [4.78, 5) is 38.4. The van der Waals surface area contributed by atoms with Crippen LogP contribution in [-0.4, -0.2) is 28.9 Å². The number of carbonyl (C=O) groups is 3. The molecule has 0 heterocycles. The van der Waals surface area contributed by atoms with E-state index in [9.17, 15) is 19.5 Å². The number of amides is 2. The van der Waals surface area contributed by atoms with Crippen LogP contribution in [-0.2, 0) is 20.8 Å². The van der Waals surface area contributed by atoms with E-state index in [0.29, 0.717) is 24.3 Å². The molecule has 0 aliphatic heterocycles. The van der Waals surface area contributed by atoms with Crippen LogP contribution in [0.25, 0.3) is 11.1 Å². The number of halogens is 1. The highest BCUT2D eigenvalue weighted by Gasteiger charge is 2.35. The summed E-state index contributed by atoms with van der Waals surface area (Å²) in [6.45, 7) is 7.53. The molecule has 0 saturated heterocycles. The van der Waals surface area contributed by atoms with Gasteiger partial charge in [0.2, 0.25) is 11.8 Å². The van der Waals surface area contributed by atoms with Crippen molar-refractivity contribution in [3.63, 3.8) is 0 Å². The Hall–Kier alpha value is -3.64. The van der Waals surface area contributed by atoms with Gasteiger partial charge in [0.25, 0.3) is 0 Å². The Bertz CT molecular complexity index is 1300. The highest BCUT2D eigenvalue weighted by Crippen LogP contribution is 2.28. The van der Waals surface area contributed by atoms with E-state index in [1.165, 1.54) is 0 Å². The molecule has 3 aromatic rings. The predicted octanol–water partition coefficient (Wildman–Crippen LogP) is 6.83. The predicted molar refractivity (Wildman–Crippen MR) is 160 cm³/mol. The molecule has 3 aromatic carbocycles. The minimum atomic E-state index is -1.05. The molecule has 0 aliphatic rings.